The summed E-state index contributed by atoms with van der Waals surface area (Å²) in [5.74, 6) is 0. The number of hydrogen-bond donors (Lipinski definition) is 1. The fourth-order valence-corrected chi connectivity index (χ4v) is 2.84. The Morgan fingerprint density at radius 2 is 1.63 bits per heavy atom. The molecule has 0 aliphatic carbocycles. The van der Waals surface area contributed by atoms with E-state index in [0.29, 0.717) is 5.69 Å². The molecule has 1 heterocycles. The first-order chi connectivity index (χ1) is 9.05. The maximum Gasteiger partial charge on any atom is 0.264 e. The van der Waals surface area contributed by atoms with Crippen LogP contribution in [0.25, 0.3) is 0 Å². The predicted octanol–water partition coefficient (Wildman–Crippen LogP) is 1.95. The van der Waals surface area contributed by atoms with Gasteiger partial charge in [0, 0.05) is 32.2 Å². The molecule has 0 bridgehead atoms. The van der Waals surface area contributed by atoms with Crippen LogP contribution >= 0.6 is 0 Å². The highest BCUT2D eigenvalue weighted by Gasteiger charge is 2.20. The average Bonchev–Trinajstić information content (AvgIpc) is 2.47. The van der Waals surface area contributed by atoms with E-state index >= 15 is 0 Å². The zero-order chi connectivity index (χ0) is 13.9. The van der Waals surface area contributed by atoms with E-state index in [9.17, 15) is 8.42 Å². The number of hydrogen-bond acceptors (Lipinski definition) is 4. The number of rotatable bonds is 4. The third-order valence-corrected chi connectivity index (χ3v) is 4.63. The number of sulfonamides is 1. The first-order valence-electron chi connectivity index (χ1n) is 5.72. The van der Waals surface area contributed by atoms with Crippen LogP contribution in [0.1, 0.15) is 0 Å². The lowest BCUT2D eigenvalue weighted by atomic mass is 10.3. The van der Waals surface area contributed by atoms with Crippen LogP contribution in [0.15, 0.2) is 53.7 Å². The minimum Gasteiger partial charge on any atom is -0.388 e. The van der Waals surface area contributed by atoms with E-state index in [1.165, 1.54) is 11.4 Å². The molecular weight excluding hydrogens is 262 g/mol. The van der Waals surface area contributed by atoms with Gasteiger partial charge in [-0.15, -0.1) is 0 Å². The van der Waals surface area contributed by atoms with Crippen LogP contribution in [-0.4, -0.2) is 27.5 Å². The molecule has 6 heteroatoms. The lowest BCUT2D eigenvalue weighted by molar-refractivity contribution is 0.594. The van der Waals surface area contributed by atoms with Crippen molar-refractivity contribution in [3.05, 3.63) is 48.8 Å². The van der Waals surface area contributed by atoms with E-state index in [-0.39, 0.29) is 4.90 Å². The van der Waals surface area contributed by atoms with Gasteiger partial charge in [0.05, 0.1) is 10.6 Å². The van der Waals surface area contributed by atoms with Crippen molar-refractivity contribution in [3.63, 3.8) is 0 Å². The molecule has 0 aliphatic heterocycles. The van der Waals surface area contributed by atoms with Crippen molar-refractivity contribution in [1.29, 1.82) is 0 Å². The van der Waals surface area contributed by atoms with Gasteiger partial charge in [-0.25, -0.2) is 8.42 Å². The third-order valence-electron chi connectivity index (χ3n) is 2.83. The van der Waals surface area contributed by atoms with Crippen molar-refractivity contribution in [3.8, 4) is 0 Å². The van der Waals surface area contributed by atoms with Gasteiger partial charge in [-0.2, -0.15) is 0 Å². The second-order valence-corrected chi connectivity index (χ2v) is 5.92. The molecule has 2 aromatic rings. The first-order valence-corrected chi connectivity index (χ1v) is 7.16. The van der Waals surface area contributed by atoms with Crippen LogP contribution in [0.2, 0.25) is 0 Å². The molecule has 0 atom stereocenters. The summed E-state index contributed by atoms with van der Waals surface area (Å²) in [6, 6.07) is 9.93. The molecule has 0 radical (unpaired) electrons. The number of anilines is 2. The molecule has 1 aromatic heterocycles. The van der Waals surface area contributed by atoms with Crippen LogP contribution in [0.4, 0.5) is 11.4 Å². The number of nitrogens with zero attached hydrogens (tertiary/aromatic N) is 2. The van der Waals surface area contributed by atoms with Crippen LogP contribution in [0, 0.1) is 0 Å². The van der Waals surface area contributed by atoms with E-state index < -0.39 is 10.0 Å². The summed E-state index contributed by atoms with van der Waals surface area (Å²) in [5, 5.41) is 2.95. The van der Waals surface area contributed by atoms with Gasteiger partial charge in [0.25, 0.3) is 10.0 Å². The van der Waals surface area contributed by atoms with Crippen molar-refractivity contribution in [1.82, 2.24) is 4.98 Å². The van der Waals surface area contributed by atoms with Gasteiger partial charge in [0.15, 0.2) is 0 Å². The van der Waals surface area contributed by atoms with Crippen molar-refractivity contribution in [2.75, 3.05) is 23.7 Å². The SMILES string of the molecule is CNc1ccc(S(=O)(=O)N(C)c2ccncc2)cc1. The fourth-order valence-electron chi connectivity index (χ4n) is 1.64. The largest absolute Gasteiger partial charge is 0.388 e. The highest BCUT2D eigenvalue weighted by Crippen LogP contribution is 2.22. The zero-order valence-corrected chi connectivity index (χ0v) is 11.6. The summed E-state index contributed by atoms with van der Waals surface area (Å²) in [6.07, 6.45) is 3.12. The van der Waals surface area contributed by atoms with Gasteiger partial charge >= 0.3 is 0 Å². The minimum absolute atomic E-state index is 0.255. The summed E-state index contributed by atoms with van der Waals surface area (Å²) in [6.45, 7) is 0. The molecule has 0 saturated heterocycles. The van der Waals surface area contributed by atoms with E-state index in [1.54, 1.807) is 55.8 Å². The quantitative estimate of drug-likeness (QED) is 0.928. The molecule has 0 unspecified atom stereocenters. The molecule has 5 nitrogen and oxygen atoms in total. The van der Waals surface area contributed by atoms with Gasteiger partial charge in [-0.1, -0.05) is 0 Å². The van der Waals surface area contributed by atoms with Gasteiger partial charge in [-0.05, 0) is 36.4 Å². The van der Waals surface area contributed by atoms with Crippen LogP contribution in [0.3, 0.4) is 0 Å². The Kier molecular flexibility index (Phi) is 3.71. The molecule has 0 aliphatic rings. The maximum atomic E-state index is 12.4. The lowest BCUT2D eigenvalue weighted by Crippen LogP contribution is -2.26. The molecule has 0 amide bonds. The lowest BCUT2D eigenvalue weighted by Gasteiger charge is -2.19. The van der Waals surface area contributed by atoms with Gasteiger partial charge in [-0.3, -0.25) is 9.29 Å². The van der Waals surface area contributed by atoms with Crippen molar-refractivity contribution in [2.45, 2.75) is 4.90 Å². The third kappa shape index (κ3) is 2.68. The van der Waals surface area contributed by atoms with E-state index in [2.05, 4.69) is 10.3 Å². The van der Waals surface area contributed by atoms with E-state index in [4.69, 9.17) is 0 Å². The number of pyridine rings is 1. The Bertz CT molecular complexity index is 639. The Hall–Kier alpha value is -2.08. The monoisotopic (exact) mass is 277 g/mol. The van der Waals surface area contributed by atoms with Gasteiger partial charge in [0.2, 0.25) is 0 Å². The summed E-state index contributed by atoms with van der Waals surface area (Å²) in [7, 11) is -0.230. The summed E-state index contributed by atoms with van der Waals surface area (Å²) in [5.41, 5.74) is 1.44. The summed E-state index contributed by atoms with van der Waals surface area (Å²) < 4.78 is 26.1. The molecule has 1 aromatic carbocycles. The zero-order valence-electron chi connectivity index (χ0n) is 10.7. The highest BCUT2D eigenvalue weighted by atomic mass is 32.2. The maximum absolute atomic E-state index is 12.4. The molecule has 0 saturated carbocycles. The second-order valence-electron chi connectivity index (χ2n) is 3.95. The van der Waals surface area contributed by atoms with Gasteiger partial charge < -0.3 is 5.32 Å². The number of aromatic nitrogens is 1. The van der Waals surface area contributed by atoms with Crippen molar-refractivity contribution >= 4 is 21.4 Å². The molecule has 19 heavy (non-hydrogen) atoms. The predicted molar refractivity (Wildman–Crippen MR) is 75.8 cm³/mol. The Morgan fingerprint density at radius 3 is 2.16 bits per heavy atom. The van der Waals surface area contributed by atoms with Crippen LogP contribution < -0.4 is 9.62 Å². The summed E-state index contributed by atoms with van der Waals surface area (Å²) in [4.78, 5) is 4.13. The summed E-state index contributed by atoms with van der Waals surface area (Å²) >= 11 is 0. The smallest absolute Gasteiger partial charge is 0.264 e. The first kappa shape index (κ1) is 13.4. The average molecular weight is 277 g/mol. The van der Waals surface area contributed by atoms with E-state index in [0.717, 1.165) is 5.69 Å². The normalized spacial score (nSPS) is 11.1. The fraction of sp³-hybridized carbons (Fsp3) is 0.154. The van der Waals surface area contributed by atoms with Gasteiger partial charge in [0.1, 0.15) is 0 Å². The molecule has 2 rings (SSSR count). The molecule has 0 fully saturated rings. The topological polar surface area (TPSA) is 62.3 Å². The molecule has 1 N–H and O–H groups in total. The molecule has 100 valence electrons. The Balaban J connectivity index is 2.36. The van der Waals surface area contributed by atoms with Crippen molar-refractivity contribution < 1.29 is 8.42 Å². The Morgan fingerprint density at radius 1 is 1.05 bits per heavy atom. The Labute approximate surface area is 113 Å². The number of nitrogens with one attached hydrogen (secondary N) is 1. The van der Waals surface area contributed by atoms with Crippen LogP contribution in [-0.2, 0) is 10.0 Å². The van der Waals surface area contributed by atoms with Crippen molar-refractivity contribution in [2.24, 2.45) is 0 Å². The molecule has 0 spiro atoms. The number of benzene rings is 1. The van der Waals surface area contributed by atoms with Crippen LogP contribution in [0.5, 0.6) is 0 Å². The standard InChI is InChI=1S/C13H15N3O2S/c1-14-11-3-5-13(6-4-11)19(17,18)16(2)12-7-9-15-10-8-12/h3-10,14H,1-2H3. The van der Waals surface area contributed by atoms with E-state index in [1.807, 2.05) is 0 Å². The second kappa shape index (κ2) is 5.27. The highest BCUT2D eigenvalue weighted by molar-refractivity contribution is 7.92. The molecular formula is C13H15N3O2S. The minimum atomic E-state index is -3.54.